The van der Waals surface area contributed by atoms with Gasteiger partial charge >= 0.3 is 0 Å². The number of fused-ring (bicyclic) bond motifs is 5. The van der Waals surface area contributed by atoms with Crippen molar-refractivity contribution in [3.8, 4) is 50.7 Å². The van der Waals surface area contributed by atoms with Crippen molar-refractivity contribution in [3.05, 3.63) is 151 Å². The van der Waals surface area contributed by atoms with Crippen molar-refractivity contribution in [2.75, 3.05) is 0 Å². The second-order valence-electron chi connectivity index (χ2n) is 11.2. The molecule has 9 aromatic rings. The zero-order chi connectivity index (χ0) is 30.5. The summed E-state index contributed by atoms with van der Waals surface area (Å²) in [5.41, 5.74) is 10.4. The normalized spacial score (nSPS) is 11.5. The van der Waals surface area contributed by atoms with Gasteiger partial charge in [0.1, 0.15) is 0 Å². The Balaban J connectivity index is 1.21. The molecule has 0 amide bonds. The standard InChI is InChI=1S/C40H25N5S/c1-2-7-36-33(6-1)38-37(13-12-30-18-23-46-39(30)38)45(36)32-5-3-4-31(24-32)40-43-34(25-35(44-40)29-16-21-42-22-17-29)28-10-8-26(9-11-28)27-14-19-41-20-15-27/h1-25H. The molecule has 5 heterocycles. The number of rotatable bonds is 5. The number of benzene rings is 4. The van der Waals surface area contributed by atoms with Crippen LogP contribution in [-0.2, 0) is 0 Å². The monoisotopic (exact) mass is 607 g/mol. The molecule has 0 bridgehead atoms. The lowest BCUT2D eigenvalue weighted by Gasteiger charge is -2.12. The van der Waals surface area contributed by atoms with Gasteiger partial charge in [0.25, 0.3) is 0 Å². The summed E-state index contributed by atoms with van der Waals surface area (Å²) in [4.78, 5) is 18.6. The van der Waals surface area contributed by atoms with Crippen molar-refractivity contribution in [2.24, 2.45) is 0 Å². The minimum absolute atomic E-state index is 0.672. The number of hydrogen-bond donors (Lipinski definition) is 0. The van der Waals surface area contributed by atoms with E-state index < -0.39 is 0 Å². The van der Waals surface area contributed by atoms with Crippen LogP contribution in [0.1, 0.15) is 0 Å². The van der Waals surface area contributed by atoms with Crippen LogP contribution in [0.4, 0.5) is 0 Å². The average molecular weight is 608 g/mol. The SMILES string of the molecule is c1cc(-c2nc(-c3ccncc3)cc(-c3ccc(-c4ccncc4)cc3)n2)cc(-n2c3ccccc3c3c4sccc4ccc32)c1. The number of nitrogens with zero attached hydrogens (tertiary/aromatic N) is 5. The van der Waals surface area contributed by atoms with Gasteiger partial charge in [-0.15, -0.1) is 11.3 Å². The summed E-state index contributed by atoms with van der Waals surface area (Å²) in [6, 6.07) is 42.5. The van der Waals surface area contributed by atoms with Gasteiger partial charge in [-0.25, -0.2) is 9.97 Å². The first kappa shape index (κ1) is 26.4. The third kappa shape index (κ3) is 4.47. The van der Waals surface area contributed by atoms with E-state index in [0.29, 0.717) is 5.82 Å². The Morgan fingerprint density at radius 1 is 0.500 bits per heavy atom. The van der Waals surface area contributed by atoms with E-state index in [4.69, 9.17) is 9.97 Å². The predicted octanol–water partition coefficient (Wildman–Crippen LogP) is 10.2. The molecule has 0 aliphatic heterocycles. The van der Waals surface area contributed by atoms with E-state index in [2.05, 4.69) is 117 Å². The van der Waals surface area contributed by atoms with Crippen LogP contribution in [-0.4, -0.2) is 24.5 Å². The fourth-order valence-electron chi connectivity index (χ4n) is 6.31. The molecule has 0 aliphatic rings. The molecule has 46 heavy (non-hydrogen) atoms. The molecule has 5 aromatic heterocycles. The lowest BCUT2D eigenvalue weighted by atomic mass is 10.0. The highest BCUT2D eigenvalue weighted by Crippen LogP contribution is 2.39. The maximum absolute atomic E-state index is 5.14. The molecule has 0 atom stereocenters. The Hall–Kier alpha value is -5.98. The Bertz CT molecular complexity index is 2520. The van der Waals surface area contributed by atoms with Crippen LogP contribution in [0.5, 0.6) is 0 Å². The summed E-state index contributed by atoms with van der Waals surface area (Å²) >= 11 is 1.80. The third-order valence-corrected chi connectivity index (χ3v) is 9.46. The number of pyridine rings is 2. The van der Waals surface area contributed by atoms with Crippen molar-refractivity contribution in [3.63, 3.8) is 0 Å². The number of hydrogen-bond acceptors (Lipinski definition) is 5. The smallest absolute Gasteiger partial charge is 0.160 e. The van der Waals surface area contributed by atoms with Crippen molar-refractivity contribution < 1.29 is 0 Å². The van der Waals surface area contributed by atoms with Gasteiger partial charge in [-0.1, -0.05) is 60.7 Å². The van der Waals surface area contributed by atoms with E-state index >= 15 is 0 Å². The molecule has 0 saturated carbocycles. The summed E-state index contributed by atoms with van der Waals surface area (Å²) in [6.45, 7) is 0. The minimum atomic E-state index is 0.672. The van der Waals surface area contributed by atoms with Gasteiger partial charge in [-0.2, -0.15) is 0 Å². The fraction of sp³-hybridized carbons (Fsp3) is 0. The van der Waals surface area contributed by atoms with Gasteiger partial charge in [-0.3, -0.25) is 9.97 Å². The lowest BCUT2D eigenvalue weighted by Crippen LogP contribution is -1.98. The van der Waals surface area contributed by atoms with Crippen LogP contribution in [0.2, 0.25) is 0 Å². The first-order valence-electron chi connectivity index (χ1n) is 15.1. The summed E-state index contributed by atoms with van der Waals surface area (Å²) in [6.07, 6.45) is 7.23. The molecule has 4 aromatic carbocycles. The van der Waals surface area contributed by atoms with Crippen molar-refractivity contribution in [1.29, 1.82) is 0 Å². The van der Waals surface area contributed by atoms with Crippen molar-refractivity contribution in [2.45, 2.75) is 0 Å². The van der Waals surface area contributed by atoms with Crippen LogP contribution in [0.25, 0.3) is 82.6 Å². The molecule has 0 N–H and O–H groups in total. The molecule has 0 aliphatic carbocycles. The predicted molar refractivity (Wildman–Crippen MR) is 189 cm³/mol. The van der Waals surface area contributed by atoms with Crippen LogP contribution in [0.3, 0.4) is 0 Å². The molecule has 216 valence electrons. The zero-order valence-electron chi connectivity index (χ0n) is 24.6. The van der Waals surface area contributed by atoms with Gasteiger partial charge < -0.3 is 4.57 Å². The first-order chi connectivity index (χ1) is 22.8. The van der Waals surface area contributed by atoms with E-state index in [1.54, 1.807) is 23.7 Å². The number of aromatic nitrogens is 5. The highest BCUT2D eigenvalue weighted by Gasteiger charge is 2.17. The Kier molecular flexibility index (Phi) is 6.25. The van der Waals surface area contributed by atoms with Crippen LogP contribution in [0, 0.1) is 0 Å². The maximum atomic E-state index is 5.14. The summed E-state index contributed by atoms with van der Waals surface area (Å²) in [5, 5.41) is 6.00. The quantitative estimate of drug-likeness (QED) is 0.195. The first-order valence-corrected chi connectivity index (χ1v) is 16.0. The van der Waals surface area contributed by atoms with Crippen molar-refractivity contribution in [1.82, 2.24) is 24.5 Å². The molecule has 0 fully saturated rings. The molecule has 9 rings (SSSR count). The summed E-state index contributed by atoms with van der Waals surface area (Å²) in [5.74, 6) is 0.672. The van der Waals surface area contributed by atoms with Crippen LogP contribution < -0.4 is 0 Å². The Labute approximate surface area is 269 Å². The van der Waals surface area contributed by atoms with E-state index in [1.165, 1.54) is 31.9 Å². The molecule has 0 radical (unpaired) electrons. The molecule has 0 spiro atoms. The molecule has 0 unspecified atom stereocenters. The highest BCUT2D eigenvalue weighted by molar-refractivity contribution is 7.18. The Morgan fingerprint density at radius 3 is 1.96 bits per heavy atom. The molecular formula is C40H25N5S. The second kappa shape index (κ2) is 10.9. The van der Waals surface area contributed by atoms with Gasteiger partial charge in [0.05, 0.1) is 22.4 Å². The Morgan fingerprint density at radius 2 is 1.17 bits per heavy atom. The van der Waals surface area contributed by atoms with Gasteiger partial charge in [0, 0.05) is 62.6 Å². The van der Waals surface area contributed by atoms with Gasteiger partial charge in [0.15, 0.2) is 5.82 Å². The van der Waals surface area contributed by atoms with Crippen LogP contribution in [0.15, 0.2) is 151 Å². The average Bonchev–Trinajstić information content (AvgIpc) is 3.75. The largest absolute Gasteiger partial charge is 0.309 e. The van der Waals surface area contributed by atoms with Gasteiger partial charge in [0.2, 0.25) is 0 Å². The number of thiophene rings is 1. The molecule has 6 heteroatoms. The fourth-order valence-corrected chi connectivity index (χ4v) is 7.27. The summed E-state index contributed by atoms with van der Waals surface area (Å²) < 4.78 is 3.68. The topological polar surface area (TPSA) is 56.5 Å². The van der Waals surface area contributed by atoms with E-state index in [9.17, 15) is 0 Å². The van der Waals surface area contributed by atoms with E-state index in [-0.39, 0.29) is 0 Å². The third-order valence-electron chi connectivity index (χ3n) is 8.51. The molecule has 0 saturated heterocycles. The summed E-state index contributed by atoms with van der Waals surface area (Å²) in [7, 11) is 0. The van der Waals surface area contributed by atoms with Crippen molar-refractivity contribution >= 4 is 43.2 Å². The number of para-hydroxylation sites is 1. The lowest BCUT2D eigenvalue weighted by molar-refractivity contribution is 1.16. The van der Waals surface area contributed by atoms with Crippen LogP contribution >= 0.6 is 11.3 Å². The highest BCUT2D eigenvalue weighted by atomic mass is 32.1. The minimum Gasteiger partial charge on any atom is -0.309 e. The zero-order valence-corrected chi connectivity index (χ0v) is 25.4. The van der Waals surface area contributed by atoms with Gasteiger partial charge in [-0.05, 0) is 82.6 Å². The second-order valence-corrected chi connectivity index (χ2v) is 12.1. The molecular weight excluding hydrogens is 583 g/mol. The molecule has 5 nitrogen and oxygen atoms in total. The maximum Gasteiger partial charge on any atom is 0.160 e. The van der Waals surface area contributed by atoms with E-state index in [0.717, 1.165) is 44.9 Å². The van der Waals surface area contributed by atoms with E-state index in [1.807, 2.05) is 36.7 Å².